The van der Waals surface area contributed by atoms with Crippen molar-refractivity contribution in [2.75, 3.05) is 0 Å². The van der Waals surface area contributed by atoms with Gasteiger partial charge in [-0.05, 0) is 57.4 Å². The van der Waals surface area contributed by atoms with E-state index < -0.39 is 0 Å². The van der Waals surface area contributed by atoms with Gasteiger partial charge in [-0.15, -0.1) is 0 Å². The molecule has 31 heavy (non-hydrogen) atoms. The lowest BCUT2D eigenvalue weighted by molar-refractivity contribution is 0.0941. The van der Waals surface area contributed by atoms with Crippen molar-refractivity contribution in [3.63, 3.8) is 0 Å². The van der Waals surface area contributed by atoms with Gasteiger partial charge in [-0.3, -0.25) is 4.79 Å². The van der Waals surface area contributed by atoms with Crippen molar-refractivity contribution in [1.29, 1.82) is 0 Å². The normalized spacial score (nSPS) is 14.8. The lowest BCUT2D eigenvalue weighted by Crippen LogP contribution is -2.27. The first kappa shape index (κ1) is 19.4. The SMILES string of the molecule is CC(NC(=O)c1cc(C2CC2)nc2c1cnn2C(C)C)c1ccc(-n2cncn2)cc1. The molecule has 1 unspecified atom stereocenters. The number of hydrogen-bond donors (Lipinski definition) is 1. The number of amides is 1. The number of pyridine rings is 1. The first-order chi connectivity index (χ1) is 15.0. The van der Waals surface area contributed by atoms with Crippen LogP contribution in [0.15, 0.2) is 49.2 Å². The Morgan fingerprint density at radius 2 is 1.90 bits per heavy atom. The number of aromatic nitrogens is 6. The summed E-state index contributed by atoms with van der Waals surface area (Å²) in [6.07, 6.45) is 7.17. The minimum atomic E-state index is -0.148. The molecule has 0 aliphatic heterocycles. The summed E-state index contributed by atoms with van der Waals surface area (Å²) in [5.74, 6) is 0.346. The van der Waals surface area contributed by atoms with Crippen LogP contribution >= 0.6 is 0 Å². The summed E-state index contributed by atoms with van der Waals surface area (Å²) in [7, 11) is 0. The van der Waals surface area contributed by atoms with E-state index in [9.17, 15) is 4.79 Å². The molecule has 1 aliphatic carbocycles. The number of hydrogen-bond acceptors (Lipinski definition) is 5. The van der Waals surface area contributed by atoms with Crippen molar-refractivity contribution in [1.82, 2.24) is 34.8 Å². The zero-order valence-electron chi connectivity index (χ0n) is 17.9. The standard InChI is InChI=1S/C23H25N7O/c1-14(2)30-22-20(11-25-30)19(10-21(28-22)17-4-5-17)23(31)27-15(3)16-6-8-18(9-7-16)29-13-24-12-26-29/h6-15,17H,4-5H2,1-3H3,(H,27,31). The molecule has 8 nitrogen and oxygen atoms in total. The first-order valence-electron chi connectivity index (χ1n) is 10.6. The van der Waals surface area contributed by atoms with Crippen LogP contribution in [-0.4, -0.2) is 35.4 Å². The molecule has 0 spiro atoms. The lowest BCUT2D eigenvalue weighted by Gasteiger charge is -2.16. The molecule has 0 bridgehead atoms. The van der Waals surface area contributed by atoms with Gasteiger partial charge in [0.15, 0.2) is 5.65 Å². The van der Waals surface area contributed by atoms with E-state index in [-0.39, 0.29) is 18.0 Å². The summed E-state index contributed by atoms with van der Waals surface area (Å²) in [4.78, 5) is 22.1. The van der Waals surface area contributed by atoms with Gasteiger partial charge in [0.25, 0.3) is 5.91 Å². The maximum atomic E-state index is 13.3. The molecule has 1 atom stereocenters. The van der Waals surface area contributed by atoms with Gasteiger partial charge >= 0.3 is 0 Å². The number of nitrogens with one attached hydrogen (secondary N) is 1. The molecular formula is C23H25N7O. The highest BCUT2D eigenvalue weighted by Gasteiger charge is 2.28. The van der Waals surface area contributed by atoms with Crippen molar-refractivity contribution >= 4 is 16.9 Å². The summed E-state index contributed by atoms with van der Waals surface area (Å²) in [6, 6.07) is 9.90. The molecule has 1 aromatic carbocycles. The molecule has 3 aromatic heterocycles. The van der Waals surface area contributed by atoms with Crippen molar-refractivity contribution in [2.24, 2.45) is 0 Å². The Balaban J connectivity index is 1.42. The van der Waals surface area contributed by atoms with Crippen LogP contribution in [0.4, 0.5) is 0 Å². The number of benzene rings is 1. The molecule has 1 amide bonds. The van der Waals surface area contributed by atoms with E-state index in [2.05, 4.69) is 34.3 Å². The van der Waals surface area contributed by atoms with Gasteiger partial charge in [0, 0.05) is 17.7 Å². The van der Waals surface area contributed by atoms with Crippen LogP contribution < -0.4 is 5.32 Å². The van der Waals surface area contributed by atoms with Crippen LogP contribution in [-0.2, 0) is 0 Å². The largest absolute Gasteiger partial charge is 0.345 e. The van der Waals surface area contributed by atoms with E-state index >= 15 is 0 Å². The Hall–Kier alpha value is -3.55. The predicted octanol–water partition coefficient (Wildman–Crippen LogP) is 3.96. The van der Waals surface area contributed by atoms with E-state index in [0.29, 0.717) is 11.5 Å². The minimum absolute atomic E-state index is 0.106. The van der Waals surface area contributed by atoms with Gasteiger partial charge in [0.2, 0.25) is 0 Å². The van der Waals surface area contributed by atoms with E-state index in [1.165, 1.54) is 6.33 Å². The average molecular weight is 416 g/mol. The monoisotopic (exact) mass is 415 g/mol. The van der Waals surface area contributed by atoms with Gasteiger partial charge in [-0.1, -0.05) is 12.1 Å². The van der Waals surface area contributed by atoms with Gasteiger partial charge in [-0.25, -0.2) is 19.3 Å². The zero-order valence-corrected chi connectivity index (χ0v) is 17.9. The Bertz CT molecular complexity index is 1220. The van der Waals surface area contributed by atoms with Gasteiger partial charge < -0.3 is 5.32 Å². The third-order valence-corrected chi connectivity index (χ3v) is 5.74. The van der Waals surface area contributed by atoms with Gasteiger partial charge in [0.1, 0.15) is 12.7 Å². The number of rotatable bonds is 6. The molecule has 4 aromatic rings. The number of carbonyl (C=O) groups excluding carboxylic acids is 1. The maximum Gasteiger partial charge on any atom is 0.252 e. The van der Waals surface area contributed by atoms with Crippen LogP contribution in [0.3, 0.4) is 0 Å². The fraction of sp³-hybridized carbons (Fsp3) is 0.348. The smallest absolute Gasteiger partial charge is 0.252 e. The van der Waals surface area contributed by atoms with E-state index in [0.717, 1.165) is 40.8 Å². The molecule has 8 heteroatoms. The highest BCUT2D eigenvalue weighted by molar-refractivity contribution is 6.05. The molecule has 3 heterocycles. The van der Waals surface area contributed by atoms with E-state index in [1.807, 2.05) is 41.9 Å². The maximum absolute atomic E-state index is 13.3. The van der Waals surface area contributed by atoms with Crippen LogP contribution in [0.2, 0.25) is 0 Å². The van der Waals surface area contributed by atoms with Gasteiger partial charge in [-0.2, -0.15) is 10.2 Å². The number of carbonyl (C=O) groups is 1. The molecule has 5 rings (SSSR count). The summed E-state index contributed by atoms with van der Waals surface area (Å²) in [5, 5.41) is 12.6. The van der Waals surface area contributed by atoms with E-state index in [1.54, 1.807) is 17.2 Å². The lowest BCUT2D eigenvalue weighted by atomic mass is 10.1. The molecular weight excluding hydrogens is 390 g/mol. The highest BCUT2D eigenvalue weighted by atomic mass is 16.1. The van der Waals surface area contributed by atoms with Crippen molar-refractivity contribution in [2.45, 2.75) is 51.6 Å². The second-order valence-corrected chi connectivity index (χ2v) is 8.42. The number of fused-ring (bicyclic) bond motifs is 1. The quantitative estimate of drug-likeness (QED) is 0.515. The molecule has 1 saturated carbocycles. The summed E-state index contributed by atoms with van der Waals surface area (Å²) in [6.45, 7) is 6.13. The Labute approximate surface area is 180 Å². The summed E-state index contributed by atoms with van der Waals surface area (Å²) >= 11 is 0. The Kier molecular flexibility index (Phi) is 4.77. The number of nitrogens with zero attached hydrogens (tertiary/aromatic N) is 6. The van der Waals surface area contributed by atoms with E-state index in [4.69, 9.17) is 4.98 Å². The highest BCUT2D eigenvalue weighted by Crippen LogP contribution is 2.40. The van der Waals surface area contributed by atoms with Crippen LogP contribution in [0.1, 0.15) is 73.2 Å². The fourth-order valence-corrected chi connectivity index (χ4v) is 3.81. The second-order valence-electron chi connectivity index (χ2n) is 8.42. The van der Waals surface area contributed by atoms with Crippen LogP contribution in [0.25, 0.3) is 16.7 Å². The third kappa shape index (κ3) is 3.69. The summed E-state index contributed by atoms with van der Waals surface area (Å²) in [5.41, 5.74) is 4.36. The van der Waals surface area contributed by atoms with Crippen molar-refractivity contribution in [3.8, 4) is 5.69 Å². The molecule has 1 N–H and O–H groups in total. The van der Waals surface area contributed by atoms with Crippen molar-refractivity contribution < 1.29 is 4.79 Å². The second kappa shape index (κ2) is 7.61. The molecule has 1 aliphatic rings. The fourth-order valence-electron chi connectivity index (χ4n) is 3.81. The Morgan fingerprint density at radius 1 is 1.13 bits per heavy atom. The summed E-state index contributed by atoms with van der Waals surface area (Å²) < 4.78 is 3.59. The molecule has 1 fully saturated rings. The van der Waals surface area contributed by atoms with Crippen LogP contribution in [0.5, 0.6) is 0 Å². The molecule has 0 saturated heterocycles. The predicted molar refractivity (Wildman–Crippen MR) is 117 cm³/mol. The third-order valence-electron chi connectivity index (χ3n) is 5.74. The van der Waals surface area contributed by atoms with Gasteiger partial charge in [0.05, 0.1) is 28.9 Å². The Morgan fingerprint density at radius 3 is 2.55 bits per heavy atom. The topological polar surface area (TPSA) is 90.5 Å². The zero-order chi connectivity index (χ0) is 21.5. The van der Waals surface area contributed by atoms with Crippen LogP contribution in [0, 0.1) is 0 Å². The first-order valence-corrected chi connectivity index (χ1v) is 10.6. The molecule has 158 valence electrons. The minimum Gasteiger partial charge on any atom is -0.345 e. The molecule has 0 radical (unpaired) electrons. The average Bonchev–Trinajstić information content (AvgIpc) is 3.30. The van der Waals surface area contributed by atoms with Crippen molar-refractivity contribution in [3.05, 3.63) is 66.0 Å².